The van der Waals surface area contributed by atoms with E-state index in [9.17, 15) is 18.0 Å². The maximum Gasteiger partial charge on any atom is 0.416 e. The van der Waals surface area contributed by atoms with Gasteiger partial charge in [-0.2, -0.15) is 13.2 Å². The van der Waals surface area contributed by atoms with Crippen LogP contribution in [0.15, 0.2) is 41.3 Å². The van der Waals surface area contributed by atoms with Crippen molar-refractivity contribution in [2.24, 2.45) is 7.05 Å². The van der Waals surface area contributed by atoms with Crippen LogP contribution in [0.1, 0.15) is 12.0 Å². The van der Waals surface area contributed by atoms with Crippen LogP contribution in [0.2, 0.25) is 0 Å². The summed E-state index contributed by atoms with van der Waals surface area (Å²) < 4.78 is 39.9. The van der Waals surface area contributed by atoms with Crippen molar-refractivity contribution in [1.29, 1.82) is 0 Å². The molecule has 3 heterocycles. The number of anilines is 1. The molecule has 10 heteroatoms. The zero-order valence-corrected chi connectivity index (χ0v) is 16.3. The highest BCUT2D eigenvalue weighted by atomic mass is 35.5. The molecule has 1 fully saturated rings. The maximum absolute atomic E-state index is 12.8. The Balaban J connectivity index is 0.00000240. The van der Waals surface area contributed by atoms with Crippen LogP contribution in [-0.2, 0) is 13.2 Å². The smallest absolute Gasteiger partial charge is 0.364 e. The third-order valence-electron chi connectivity index (χ3n) is 4.90. The average molecular weight is 426 g/mol. The first kappa shape index (κ1) is 21.1. The molecule has 1 unspecified atom stereocenters. The molecule has 0 saturated carbocycles. The highest BCUT2D eigenvalue weighted by Gasteiger charge is 2.30. The van der Waals surface area contributed by atoms with Crippen LogP contribution in [0.5, 0.6) is 0 Å². The van der Waals surface area contributed by atoms with Crippen LogP contribution >= 0.6 is 12.4 Å². The number of hydrogen-bond donors (Lipinski definition) is 2. The van der Waals surface area contributed by atoms with Crippen molar-refractivity contribution >= 4 is 29.0 Å². The number of nitrogens with zero attached hydrogens (tertiary/aromatic N) is 3. The lowest BCUT2D eigenvalue weighted by Crippen LogP contribution is -2.25. The minimum absolute atomic E-state index is 0. The van der Waals surface area contributed by atoms with E-state index in [4.69, 9.17) is 0 Å². The first-order valence-corrected chi connectivity index (χ1v) is 8.85. The first-order valence-electron chi connectivity index (χ1n) is 8.85. The largest absolute Gasteiger partial charge is 0.416 e. The number of alkyl halides is 3. The Morgan fingerprint density at radius 2 is 1.90 bits per heavy atom. The molecular weight excluding hydrogens is 407 g/mol. The van der Waals surface area contributed by atoms with Crippen molar-refractivity contribution in [3.8, 4) is 11.3 Å². The van der Waals surface area contributed by atoms with Gasteiger partial charge in [0, 0.05) is 36.8 Å². The van der Waals surface area contributed by atoms with Crippen LogP contribution in [0.3, 0.4) is 0 Å². The summed E-state index contributed by atoms with van der Waals surface area (Å²) in [7, 11) is 1.64. The number of halogens is 4. The van der Waals surface area contributed by atoms with Crippen LogP contribution in [0.4, 0.5) is 19.0 Å². The van der Waals surface area contributed by atoms with Crippen molar-refractivity contribution in [2.75, 3.05) is 18.4 Å². The summed E-state index contributed by atoms with van der Waals surface area (Å²) in [6.07, 6.45) is -1.90. The lowest BCUT2D eigenvalue weighted by Gasteiger charge is -2.15. The third-order valence-corrected chi connectivity index (χ3v) is 4.90. The van der Waals surface area contributed by atoms with Gasteiger partial charge in [-0.15, -0.1) is 22.6 Å². The predicted molar refractivity (Wildman–Crippen MR) is 107 cm³/mol. The van der Waals surface area contributed by atoms with E-state index in [1.165, 1.54) is 16.7 Å². The minimum atomic E-state index is -4.41. The molecule has 4 rings (SSSR count). The Bertz CT molecular complexity index is 1080. The van der Waals surface area contributed by atoms with Gasteiger partial charge in [0.25, 0.3) is 5.56 Å². The maximum atomic E-state index is 12.8. The summed E-state index contributed by atoms with van der Waals surface area (Å²) in [5.41, 5.74) is -0.144. The molecule has 1 aliphatic heterocycles. The normalized spacial score (nSPS) is 16.6. The molecule has 2 aromatic heterocycles. The van der Waals surface area contributed by atoms with Gasteiger partial charge in [0.15, 0.2) is 5.82 Å². The minimum Gasteiger partial charge on any atom is -0.364 e. The van der Waals surface area contributed by atoms with Crippen LogP contribution in [0.25, 0.3) is 22.0 Å². The Kier molecular flexibility index (Phi) is 5.81. The van der Waals surface area contributed by atoms with Gasteiger partial charge in [-0.05, 0) is 31.2 Å². The standard InChI is InChI=1S/C19H18F3N5O.ClH/c1-27-9-7-14-15(18(27)28)17(24-13-6-8-23-10-13)26-25-16(14)11-2-4-12(5-3-11)19(20,21)22;/h2-5,7,9,13,23H,6,8,10H2,1H3,(H,24,26);1H. The first-order chi connectivity index (χ1) is 13.3. The van der Waals surface area contributed by atoms with E-state index < -0.39 is 11.7 Å². The van der Waals surface area contributed by atoms with Gasteiger partial charge >= 0.3 is 6.18 Å². The van der Waals surface area contributed by atoms with Gasteiger partial charge in [0.1, 0.15) is 5.69 Å². The van der Waals surface area contributed by atoms with E-state index >= 15 is 0 Å². The van der Waals surface area contributed by atoms with Crippen LogP contribution in [0, 0.1) is 0 Å². The average Bonchev–Trinajstić information content (AvgIpc) is 3.17. The summed E-state index contributed by atoms with van der Waals surface area (Å²) in [6.45, 7) is 1.64. The van der Waals surface area contributed by atoms with Gasteiger partial charge in [-0.1, -0.05) is 12.1 Å². The number of fused-ring (bicyclic) bond motifs is 1. The van der Waals surface area contributed by atoms with Gasteiger partial charge < -0.3 is 15.2 Å². The molecule has 1 aromatic carbocycles. The summed E-state index contributed by atoms with van der Waals surface area (Å²) in [5, 5.41) is 15.8. The van der Waals surface area contributed by atoms with Crippen LogP contribution in [-0.4, -0.2) is 33.9 Å². The number of nitrogens with one attached hydrogen (secondary N) is 2. The number of rotatable bonds is 3. The lowest BCUT2D eigenvalue weighted by molar-refractivity contribution is -0.137. The molecule has 2 N–H and O–H groups in total. The second kappa shape index (κ2) is 8.00. The monoisotopic (exact) mass is 425 g/mol. The van der Waals surface area contributed by atoms with E-state index in [0.717, 1.165) is 31.6 Å². The molecule has 29 heavy (non-hydrogen) atoms. The second-order valence-electron chi connectivity index (χ2n) is 6.83. The number of aryl methyl sites for hydroxylation is 1. The molecule has 154 valence electrons. The Morgan fingerprint density at radius 3 is 2.52 bits per heavy atom. The fourth-order valence-electron chi connectivity index (χ4n) is 3.36. The predicted octanol–water partition coefficient (Wildman–Crippen LogP) is 3.21. The molecule has 0 spiro atoms. The van der Waals surface area contributed by atoms with Crippen molar-refractivity contribution in [2.45, 2.75) is 18.6 Å². The summed E-state index contributed by atoms with van der Waals surface area (Å²) in [5.74, 6) is 0.389. The summed E-state index contributed by atoms with van der Waals surface area (Å²) in [4.78, 5) is 12.8. The summed E-state index contributed by atoms with van der Waals surface area (Å²) >= 11 is 0. The lowest BCUT2D eigenvalue weighted by atomic mass is 10.0. The van der Waals surface area contributed by atoms with Crippen LogP contribution < -0.4 is 16.2 Å². The molecule has 1 saturated heterocycles. The molecule has 6 nitrogen and oxygen atoms in total. The van der Waals surface area contributed by atoms with Gasteiger partial charge in [-0.3, -0.25) is 4.79 Å². The highest BCUT2D eigenvalue weighted by Crippen LogP contribution is 2.32. The number of pyridine rings is 1. The van der Waals surface area contributed by atoms with Crippen molar-refractivity contribution < 1.29 is 13.2 Å². The van der Waals surface area contributed by atoms with Gasteiger partial charge in [0.2, 0.25) is 0 Å². The quantitative estimate of drug-likeness (QED) is 0.674. The Labute approximate surface area is 170 Å². The number of benzene rings is 1. The molecular formula is C19H19ClF3N5O. The molecule has 0 bridgehead atoms. The van der Waals surface area contributed by atoms with Gasteiger partial charge in [-0.25, -0.2) is 0 Å². The van der Waals surface area contributed by atoms with E-state index in [0.29, 0.717) is 27.8 Å². The van der Waals surface area contributed by atoms with E-state index in [-0.39, 0.29) is 24.0 Å². The molecule has 1 atom stereocenters. The second-order valence-corrected chi connectivity index (χ2v) is 6.83. The topological polar surface area (TPSA) is 71.8 Å². The number of hydrogen-bond acceptors (Lipinski definition) is 5. The Hall–Kier alpha value is -2.65. The van der Waals surface area contributed by atoms with E-state index in [1.807, 2.05) is 0 Å². The number of aromatic nitrogens is 3. The summed E-state index contributed by atoms with van der Waals surface area (Å²) in [6, 6.07) is 6.56. The van der Waals surface area contributed by atoms with E-state index in [1.54, 1.807) is 19.3 Å². The SMILES string of the molecule is Cl.Cn1ccc2c(-c3ccc(C(F)(F)F)cc3)nnc(NC3CCNC3)c2c1=O. The molecule has 1 aliphatic rings. The third kappa shape index (κ3) is 4.06. The zero-order chi connectivity index (χ0) is 19.9. The fraction of sp³-hybridized carbons (Fsp3) is 0.316. The van der Waals surface area contributed by atoms with E-state index in [2.05, 4.69) is 20.8 Å². The zero-order valence-electron chi connectivity index (χ0n) is 15.5. The molecule has 3 aromatic rings. The van der Waals surface area contributed by atoms with Gasteiger partial charge in [0.05, 0.1) is 10.9 Å². The highest BCUT2D eigenvalue weighted by molar-refractivity contribution is 5.99. The van der Waals surface area contributed by atoms with Crippen molar-refractivity contribution in [1.82, 2.24) is 20.1 Å². The van der Waals surface area contributed by atoms with Crippen molar-refractivity contribution in [3.05, 3.63) is 52.4 Å². The Morgan fingerprint density at radius 1 is 1.17 bits per heavy atom. The molecule has 0 aliphatic carbocycles. The molecule has 0 radical (unpaired) electrons. The molecule has 0 amide bonds. The fourth-order valence-corrected chi connectivity index (χ4v) is 3.36. The van der Waals surface area contributed by atoms with Crippen molar-refractivity contribution in [3.63, 3.8) is 0 Å².